The molecule has 8 heteroatoms. The van der Waals surface area contributed by atoms with Crippen molar-refractivity contribution >= 4 is 27.4 Å². The van der Waals surface area contributed by atoms with E-state index in [2.05, 4.69) is 24.1 Å². The van der Waals surface area contributed by atoms with Crippen LogP contribution in [0.4, 0.5) is 5.13 Å². The number of fused-ring (bicyclic) bond motifs is 1. The van der Waals surface area contributed by atoms with Crippen molar-refractivity contribution in [2.75, 3.05) is 51.4 Å². The number of rotatable bonds is 9. The topological polar surface area (TPSA) is 68.7 Å². The predicted octanol–water partition coefficient (Wildman–Crippen LogP) is 4.29. The van der Waals surface area contributed by atoms with Gasteiger partial charge < -0.3 is 19.5 Å². The lowest BCUT2D eigenvalue weighted by atomic mass is 10.1. The lowest BCUT2D eigenvalue weighted by molar-refractivity contribution is 0.0322. The van der Waals surface area contributed by atoms with E-state index < -0.39 is 0 Å². The summed E-state index contributed by atoms with van der Waals surface area (Å²) in [4.78, 5) is 11.9. The number of hydrogen-bond donors (Lipinski definition) is 1. The molecular weight excluding hydrogens is 412 g/mol. The molecule has 1 aromatic carbocycles. The molecule has 0 unspecified atom stereocenters. The van der Waals surface area contributed by atoms with Crippen LogP contribution in [0.5, 0.6) is 11.5 Å². The molecule has 1 saturated heterocycles. The van der Waals surface area contributed by atoms with E-state index in [4.69, 9.17) is 24.2 Å². The highest BCUT2D eigenvalue weighted by molar-refractivity contribution is 7.14. The summed E-state index contributed by atoms with van der Waals surface area (Å²) in [5.41, 5.74) is 2.49. The maximum Gasteiger partial charge on any atom is 0.183 e. The highest BCUT2D eigenvalue weighted by Crippen LogP contribution is 2.33. The fourth-order valence-corrected chi connectivity index (χ4v) is 4.35. The largest absolute Gasteiger partial charge is 0.493 e. The molecule has 0 aliphatic carbocycles. The first-order valence-electron chi connectivity index (χ1n) is 10.9. The number of nitrogens with zero attached hydrogens (tertiary/aromatic N) is 3. The number of anilines is 1. The van der Waals surface area contributed by atoms with E-state index in [1.54, 1.807) is 11.3 Å². The molecule has 4 rings (SSSR count). The van der Waals surface area contributed by atoms with Gasteiger partial charge in [0.05, 0.1) is 31.0 Å². The van der Waals surface area contributed by atoms with Crippen LogP contribution in [0.25, 0.3) is 22.3 Å². The Morgan fingerprint density at radius 2 is 1.97 bits per heavy atom. The molecular formula is C23H30N4O3S. The lowest BCUT2D eigenvalue weighted by Crippen LogP contribution is -2.38. The fourth-order valence-electron chi connectivity index (χ4n) is 3.49. The van der Waals surface area contributed by atoms with Crippen molar-refractivity contribution in [3.8, 4) is 22.9 Å². The summed E-state index contributed by atoms with van der Waals surface area (Å²) in [6.07, 6.45) is 0. The second-order valence-electron chi connectivity index (χ2n) is 7.76. The average molecular weight is 443 g/mol. The van der Waals surface area contributed by atoms with E-state index >= 15 is 0 Å². The van der Waals surface area contributed by atoms with Gasteiger partial charge in [0.2, 0.25) is 0 Å². The lowest BCUT2D eigenvalue weighted by Gasteiger charge is -2.26. The Kier molecular flexibility index (Phi) is 7.21. The van der Waals surface area contributed by atoms with Gasteiger partial charge in [0.25, 0.3) is 0 Å². The van der Waals surface area contributed by atoms with Gasteiger partial charge in [-0.05, 0) is 32.9 Å². The molecule has 0 spiro atoms. The van der Waals surface area contributed by atoms with E-state index in [0.29, 0.717) is 19.3 Å². The number of nitrogens with one attached hydrogen (secondary N) is 1. The number of aromatic nitrogens is 2. The first kappa shape index (κ1) is 21.8. The average Bonchev–Trinajstić information content (AvgIpc) is 3.22. The van der Waals surface area contributed by atoms with E-state index in [1.165, 1.54) is 0 Å². The van der Waals surface area contributed by atoms with E-state index in [1.807, 2.05) is 36.6 Å². The highest BCUT2D eigenvalue weighted by Gasteiger charge is 2.14. The van der Waals surface area contributed by atoms with Gasteiger partial charge in [0.15, 0.2) is 5.13 Å². The van der Waals surface area contributed by atoms with Crippen LogP contribution in [0.2, 0.25) is 0 Å². The minimum Gasteiger partial charge on any atom is -0.493 e. The van der Waals surface area contributed by atoms with Gasteiger partial charge in [-0.15, -0.1) is 11.3 Å². The molecule has 0 amide bonds. The van der Waals surface area contributed by atoms with Crippen molar-refractivity contribution in [3.63, 3.8) is 0 Å². The Morgan fingerprint density at radius 1 is 1.13 bits per heavy atom. The van der Waals surface area contributed by atoms with Crippen LogP contribution in [0.15, 0.2) is 29.6 Å². The summed E-state index contributed by atoms with van der Waals surface area (Å²) >= 11 is 1.58. The molecule has 0 saturated carbocycles. The smallest absolute Gasteiger partial charge is 0.183 e. The van der Waals surface area contributed by atoms with Crippen molar-refractivity contribution < 1.29 is 14.2 Å². The summed E-state index contributed by atoms with van der Waals surface area (Å²) in [6, 6.07) is 8.30. The van der Waals surface area contributed by atoms with Crippen molar-refractivity contribution in [3.05, 3.63) is 29.6 Å². The Hall–Kier alpha value is -2.42. The Labute approximate surface area is 187 Å². The number of ether oxygens (including phenoxy) is 3. The third kappa shape index (κ3) is 5.64. The number of hydrogen-bond acceptors (Lipinski definition) is 8. The monoisotopic (exact) mass is 442 g/mol. The third-order valence-corrected chi connectivity index (χ3v) is 5.78. The zero-order chi connectivity index (χ0) is 21.6. The van der Waals surface area contributed by atoms with E-state index in [0.717, 1.165) is 71.8 Å². The minimum atomic E-state index is 0.333. The van der Waals surface area contributed by atoms with Crippen molar-refractivity contribution in [2.24, 2.45) is 0 Å². The van der Waals surface area contributed by atoms with Crippen LogP contribution in [0.3, 0.4) is 0 Å². The zero-order valence-electron chi connectivity index (χ0n) is 18.4. The van der Waals surface area contributed by atoms with Crippen molar-refractivity contribution in [2.45, 2.75) is 26.8 Å². The standard InChI is InChI=1S/C23H30N4O3S/c1-4-29-22-14-20(21-15-31-23(26-21)24-16(2)3)25-19-13-17(5-6-18(19)22)30-12-9-27-7-10-28-11-8-27/h5-6,13-16H,4,7-12H2,1-3H3,(H,24,26). The molecule has 2 aromatic heterocycles. The summed E-state index contributed by atoms with van der Waals surface area (Å²) in [5.74, 6) is 1.63. The summed E-state index contributed by atoms with van der Waals surface area (Å²) in [7, 11) is 0. The van der Waals surface area contributed by atoms with Gasteiger partial charge in [-0.2, -0.15) is 0 Å². The quantitative estimate of drug-likeness (QED) is 0.530. The van der Waals surface area contributed by atoms with Crippen molar-refractivity contribution in [1.82, 2.24) is 14.9 Å². The zero-order valence-corrected chi connectivity index (χ0v) is 19.2. The second-order valence-corrected chi connectivity index (χ2v) is 8.62. The van der Waals surface area contributed by atoms with Gasteiger partial charge in [0.1, 0.15) is 23.8 Å². The normalized spacial score (nSPS) is 14.8. The predicted molar refractivity (Wildman–Crippen MR) is 126 cm³/mol. The number of pyridine rings is 1. The number of thiazole rings is 1. The highest BCUT2D eigenvalue weighted by atomic mass is 32.1. The molecule has 7 nitrogen and oxygen atoms in total. The van der Waals surface area contributed by atoms with Gasteiger partial charge in [0, 0.05) is 48.6 Å². The summed E-state index contributed by atoms with van der Waals surface area (Å²) in [6.45, 7) is 11.8. The molecule has 3 heterocycles. The van der Waals surface area contributed by atoms with Crippen LogP contribution in [0.1, 0.15) is 20.8 Å². The molecule has 166 valence electrons. The SMILES string of the molecule is CCOc1cc(-c2csc(NC(C)C)n2)nc2cc(OCCN3CCOCC3)ccc12. The number of benzene rings is 1. The Balaban J connectivity index is 1.55. The van der Waals surface area contributed by atoms with Crippen LogP contribution in [0, 0.1) is 0 Å². The van der Waals surface area contributed by atoms with Crippen LogP contribution in [-0.2, 0) is 4.74 Å². The fraction of sp³-hybridized carbons (Fsp3) is 0.478. The molecule has 1 aliphatic heterocycles. The van der Waals surface area contributed by atoms with Gasteiger partial charge in [-0.1, -0.05) is 0 Å². The maximum absolute atomic E-state index is 6.02. The molecule has 0 radical (unpaired) electrons. The molecule has 1 aliphatic rings. The molecule has 1 N–H and O–H groups in total. The van der Waals surface area contributed by atoms with E-state index in [-0.39, 0.29) is 0 Å². The first-order chi connectivity index (χ1) is 15.1. The van der Waals surface area contributed by atoms with Gasteiger partial charge in [-0.25, -0.2) is 9.97 Å². The Bertz CT molecular complexity index is 1000. The summed E-state index contributed by atoms with van der Waals surface area (Å²) < 4.78 is 17.3. The van der Waals surface area contributed by atoms with Crippen LogP contribution in [-0.4, -0.2) is 67.0 Å². The molecule has 0 bridgehead atoms. The van der Waals surface area contributed by atoms with Gasteiger partial charge >= 0.3 is 0 Å². The Morgan fingerprint density at radius 3 is 2.74 bits per heavy atom. The number of morpholine rings is 1. The summed E-state index contributed by atoms with van der Waals surface area (Å²) in [5, 5.41) is 7.24. The van der Waals surface area contributed by atoms with E-state index in [9.17, 15) is 0 Å². The minimum absolute atomic E-state index is 0.333. The third-order valence-electron chi connectivity index (χ3n) is 5.00. The van der Waals surface area contributed by atoms with Gasteiger partial charge in [-0.3, -0.25) is 4.90 Å². The molecule has 31 heavy (non-hydrogen) atoms. The van der Waals surface area contributed by atoms with Crippen LogP contribution >= 0.6 is 11.3 Å². The van der Waals surface area contributed by atoms with Crippen LogP contribution < -0.4 is 14.8 Å². The second kappa shape index (κ2) is 10.3. The molecule has 1 fully saturated rings. The first-order valence-corrected chi connectivity index (χ1v) is 11.7. The van der Waals surface area contributed by atoms with Crippen molar-refractivity contribution in [1.29, 1.82) is 0 Å². The molecule has 3 aromatic rings. The maximum atomic E-state index is 6.02. The molecule has 0 atom stereocenters.